The molecular weight excluding hydrogens is 361 g/mol. The number of hydrogen-bond acceptors (Lipinski definition) is 5. The Morgan fingerprint density at radius 1 is 1.10 bits per heavy atom. The number of rotatable bonds is 7. The van der Waals surface area contributed by atoms with E-state index >= 15 is 0 Å². The monoisotopic (exact) mass is 374 g/mol. The van der Waals surface area contributed by atoms with Gasteiger partial charge in [0.1, 0.15) is 6.16 Å². The molecule has 0 spiro atoms. The normalized spacial score (nSPS) is 11.5. The van der Waals surface area contributed by atoms with Gasteiger partial charge in [0, 0.05) is 5.02 Å². The Balaban J connectivity index is 2.84. The molecule has 0 saturated heterocycles. The van der Waals surface area contributed by atoms with Gasteiger partial charge in [-0.2, -0.15) is 0 Å². The smallest absolute Gasteiger partial charge is 0.341 e. The second kappa shape index (κ2) is 8.37. The van der Waals surface area contributed by atoms with Crippen molar-refractivity contribution >= 4 is 48.4 Å². The number of hydrogen-bond donors (Lipinski definition) is 0. The van der Waals surface area contributed by atoms with Crippen molar-refractivity contribution in [1.29, 1.82) is 0 Å². The first-order valence-corrected chi connectivity index (χ1v) is 8.90. The van der Waals surface area contributed by atoms with E-state index in [1.807, 2.05) is 0 Å². The maximum atomic E-state index is 12.2. The molecule has 0 fully saturated rings. The molecule has 1 aromatic rings. The van der Waals surface area contributed by atoms with Crippen LogP contribution < -0.4 is 4.74 Å². The van der Waals surface area contributed by atoms with Gasteiger partial charge in [-0.15, -0.1) is 0 Å². The fraction of sp³-hybridized carbons (Fsp3) is 0.417. The van der Waals surface area contributed by atoms with Gasteiger partial charge in [0.15, 0.2) is 5.75 Å². The summed E-state index contributed by atoms with van der Waals surface area (Å²) in [6.07, 6.45) is -0.538. The molecule has 0 aliphatic heterocycles. The molecule has 1 rings (SSSR count). The number of ether oxygens (including phenoxy) is 1. The van der Waals surface area contributed by atoms with Crippen LogP contribution in [0, 0.1) is 0 Å². The van der Waals surface area contributed by atoms with Crippen molar-refractivity contribution in [1.82, 2.24) is 0 Å². The van der Waals surface area contributed by atoms with Crippen LogP contribution in [0.3, 0.4) is 0 Å². The van der Waals surface area contributed by atoms with Crippen LogP contribution in [-0.2, 0) is 18.4 Å². The van der Waals surface area contributed by atoms with Crippen molar-refractivity contribution in [3.63, 3.8) is 0 Å². The first-order chi connectivity index (χ1) is 9.81. The fourth-order valence-corrected chi connectivity index (χ4v) is 3.77. The quantitative estimate of drug-likeness (QED) is 0.388. The van der Waals surface area contributed by atoms with E-state index in [1.54, 1.807) is 13.8 Å². The third kappa shape index (κ3) is 5.78. The van der Waals surface area contributed by atoms with Crippen LogP contribution in [0.25, 0.3) is 0 Å². The number of carbonyl (C=O) groups is 1. The maximum absolute atomic E-state index is 12.2. The number of esters is 1. The Bertz CT molecular complexity index is 531. The van der Waals surface area contributed by atoms with Gasteiger partial charge in [0.25, 0.3) is 0 Å². The molecule has 1 aromatic carbocycles. The molecule has 0 N–H and O–H groups in total. The standard InChI is InChI=1S/C12H14Cl3O5P/c1-3-18-21(17,19-4-2)7-11(16)20-12-9(14)5-8(13)6-10(12)15/h5-6H,3-4,7H2,1-2H3. The molecule has 0 heterocycles. The Kier molecular flexibility index (Phi) is 7.48. The molecule has 9 heteroatoms. The maximum Gasteiger partial charge on any atom is 0.341 e. The summed E-state index contributed by atoms with van der Waals surface area (Å²) < 4.78 is 27.2. The third-order valence-electron chi connectivity index (χ3n) is 2.15. The van der Waals surface area contributed by atoms with Crippen molar-refractivity contribution in [3.8, 4) is 5.75 Å². The van der Waals surface area contributed by atoms with Crippen LogP contribution >= 0.6 is 42.4 Å². The molecule has 0 aliphatic carbocycles. The Labute approximate surface area is 137 Å². The molecular formula is C12H14Cl3O5P. The van der Waals surface area contributed by atoms with Crippen molar-refractivity contribution < 1.29 is 23.1 Å². The highest BCUT2D eigenvalue weighted by atomic mass is 35.5. The molecule has 118 valence electrons. The van der Waals surface area contributed by atoms with Crippen molar-refractivity contribution in [3.05, 3.63) is 27.2 Å². The summed E-state index contributed by atoms with van der Waals surface area (Å²) in [5.41, 5.74) is 0. The summed E-state index contributed by atoms with van der Waals surface area (Å²) in [7, 11) is -3.54. The zero-order chi connectivity index (χ0) is 16.0. The summed E-state index contributed by atoms with van der Waals surface area (Å²) in [5, 5.41) is 0.450. The van der Waals surface area contributed by atoms with Crippen molar-refractivity contribution in [2.24, 2.45) is 0 Å². The van der Waals surface area contributed by atoms with E-state index in [0.29, 0.717) is 5.02 Å². The summed E-state index contributed by atoms with van der Waals surface area (Å²) in [5.74, 6) is -0.876. The second-order valence-corrected chi connectivity index (χ2v) is 7.08. The molecule has 0 aromatic heterocycles. The van der Waals surface area contributed by atoms with Gasteiger partial charge < -0.3 is 13.8 Å². The minimum Gasteiger partial charge on any atom is -0.423 e. The van der Waals surface area contributed by atoms with Gasteiger partial charge in [0.2, 0.25) is 0 Å². The van der Waals surface area contributed by atoms with Crippen LogP contribution in [-0.4, -0.2) is 25.3 Å². The Morgan fingerprint density at radius 2 is 1.57 bits per heavy atom. The number of carbonyl (C=O) groups excluding carboxylic acids is 1. The topological polar surface area (TPSA) is 61.8 Å². The lowest BCUT2D eigenvalue weighted by atomic mass is 10.3. The number of halogens is 3. The average Bonchev–Trinajstić information content (AvgIpc) is 2.34. The van der Waals surface area contributed by atoms with Gasteiger partial charge in [-0.3, -0.25) is 9.36 Å². The lowest BCUT2D eigenvalue weighted by molar-refractivity contribution is -0.131. The van der Waals surface area contributed by atoms with Gasteiger partial charge in [-0.05, 0) is 26.0 Å². The minimum absolute atomic E-state index is 0.0488. The van der Waals surface area contributed by atoms with E-state index in [2.05, 4.69) is 0 Å². The van der Waals surface area contributed by atoms with Crippen LogP contribution in [0.1, 0.15) is 13.8 Å². The summed E-state index contributed by atoms with van der Waals surface area (Å²) in [6, 6.07) is 2.75. The van der Waals surface area contributed by atoms with Gasteiger partial charge in [0.05, 0.1) is 23.3 Å². The van der Waals surface area contributed by atoms with E-state index in [-0.39, 0.29) is 29.0 Å². The Hall–Kier alpha value is -0.290. The summed E-state index contributed by atoms with van der Waals surface area (Å²) >= 11 is 17.5. The van der Waals surface area contributed by atoms with Crippen molar-refractivity contribution in [2.45, 2.75) is 13.8 Å². The fourth-order valence-electron chi connectivity index (χ4n) is 1.45. The van der Waals surface area contributed by atoms with Crippen LogP contribution in [0.5, 0.6) is 5.75 Å². The minimum atomic E-state index is -3.54. The highest BCUT2D eigenvalue weighted by Crippen LogP contribution is 2.48. The highest BCUT2D eigenvalue weighted by Gasteiger charge is 2.29. The molecule has 0 amide bonds. The van der Waals surface area contributed by atoms with E-state index in [1.165, 1.54) is 12.1 Å². The van der Waals surface area contributed by atoms with Gasteiger partial charge >= 0.3 is 13.6 Å². The van der Waals surface area contributed by atoms with E-state index in [4.69, 9.17) is 48.6 Å². The van der Waals surface area contributed by atoms with E-state index < -0.39 is 19.7 Å². The average molecular weight is 376 g/mol. The predicted molar refractivity (Wildman–Crippen MR) is 82.8 cm³/mol. The lowest BCUT2D eigenvalue weighted by Gasteiger charge is -2.16. The molecule has 0 unspecified atom stereocenters. The molecule has 5 nitrogen and oxygen atoms in total. The molecule has 21 heavy (non-hydrogen) atoms. The third-order valence-corrected chi connectivity index (χ3v) is 4.88. The molecule has 0 aliphatic rings. The zero-order valence-electron chi connectivity index (χ0n) is 11.4. The zero-order valence-corrected chi connectivity index (χ0v) is 14.6. The first kappa shape index (κ1) is 18.8. The first-order valence-electron chi connectivity index (χ1n) is 6.04. The SMILES string of the molecule is CCOP(=O)(CC(=O)Oc1c(Cl)cc(Cl)cc1Cl)OCC. The number of benzene rings is 1. The van der Waals surface area contributed by atoms with Crippen LogP contribution in [0.2, 0.25) is 15.1 Å². The van der Waals surface area contributed by atoms with Gasteiger partial charge in [-0.25, -0.2) is 0 Å². The van der Waals surface area contributed by atoms with Crippen LogP contribution in [0.4, 0.5) is 0 Å². The molecule has 0 bridgehead atoms. The largest absolute Gasteiger partial charge is 0.423 e. The van der Waals surface area contributed by atoms with Crippen molar-refractivity contribution in [2.75, 3.05) is 19.4 Å². The summed E-state index contributed by atoms with van der Waals surface area (Å²) in [4.78, 5) is 11.9. The van der Waals surface area contributed by atoms with E-state index in [0.717, 1.165) is 0 Å². The Morgan fingerprint density at radius 3 is 2.00 bits per heavy atom. The highest BCUT2D eigenvalue weighted by molar-refractivity contribution is 7.54. The molecule has 0 atom stereocenters. The summed E-state index contributed by atoms with van der Waals surface area (Å²) in [6.45, 7) is 3.58. The van der Waals surface area contributed by atoms with Crippen LogP contribution in [0.15, 0.2) is 12.1 Å². The predicted octanol–water partition coefficient (Wildman–Crippen LogP) is 4.82. The molecule has 0 saturated carbocycles. The lowest BCUT2D eigenvalue weighted by Crippen LogP contribution is -2.16. The van der Waals surface area contributed by atoms with Gasteiger partial charge in [-0.1, -0.05) is 34.8 Å². The molecule has 0 radical (unpaired) electrons. The second-order valence-electron chi connectivity index (χ2n) is 3.78. The van der Waals surface area contributed by atoms with E-state index in [9.17, 15) is 9.36 Å².